The summed E-state index contributed by atoms with van der Waals surface area (Å²) in [6.07, 6.45) is 5.69. The molecule has 1 N–H and O–H groups in total. The van der Waals surface area contributed by atoms with Crippen molar-refractivity contribution in [3.8, 4) is 0 Å². The summed E-state index contributed by atoms with van der Waals surface area (Å²) in [7, 11) is 0. The smallest absolute Gasteiger partial charge is 0.307 e. The molecule has 0 spiro atoms. The Hall–Kier alpha value is -2.96. The second-order valence-corrected chi connectivity index (χ2v) is 4.58. The summed E-state index contributed by atoms with van der Waals surface area (Å²) in [6.45, 7) is 1.53. The van der Waals surface area contributed by atoms with Gasteiger partial charge in [-0.3, -0.25) is 9.59 Å². The van der Waals surface area contributed by atoms with E-state index in [1.807, 2.05) is 0 Å². The maximum atomic E-state index is 10.6. The first kappa shape index (κ1) is 17.1. The molecule has 2 aromatic heterocycles. The Morgan fingerprint density at radius 3 is 1.59 bits per heavy atom. The minimum atomic E-state index is -0.895. The van der Waals surface area contributed by atoms with Gasteiger partial charge in [-0.1, -0.05) is 0 Å². The zero-order valence-corrected chi connectivity index (χ0v) is 12.0. The second kappa shape index (κ2) is 8.35. The Kier molecular flexibility index (Phi) is 6.49. The lowest BCUT2D eigenvalue weighted by atomic mass is 10.1. The van der Waals surface area contributed by atoms with Gasteiger partial charge < -0.3 is 15.5 Å². The number of carbonyl (C=O) groups excluding carboxylic acids is 1. The fourth-order valence-electron chi connectivity index (χ4n) is 1.59. The second-order valence-electron chi connectivity index (χ2n) is 4.58. The van der Waals surface area contributed by atoms with Gasteiger partial charge in [0.1, 0.15) is 5.78 Å². The van der Waals surface area contributed by atoms with Gasteiger partial charge in [0.25, 0.3) is 0 Å². The molecule has 0 aromatic carbocycles. The van der Waals surface area contributed by atoms with Crippen molar-refractivity contribution in [2.45, 2.75) is 19.8 Å². The van der Waals surface area contributed by atoms with Crippen molar-refractivity contribution >= 4 is 11.8 Å². The summed E-state index contributed by atoms with van der Waals surface area (Å²) >= 11 is 0. The molecule has 0 radical (unpaired) electrons. The molecule has 0 bridgehead atoms. The van der Waals surface area contributed by atoms with Crippen molar-refractivity contribution in [3.05, 3.63) is 70.6 Å². The first-order valence-corrected chi connectivity index (χ1v) is 6.43. The molecule has 0 aliphatic heterocycles. The maximum absolute atomic E-state index is 10.6. The molecule has 0 fully saturated rings. The molecular weight excluding hydrogens is 288 g/mol. The molecule has 7 heteroatoms. The Bertz CT molecular complexity index is 566. The van der Waals surface area contributed by atoms with Gasteiger partial charge >= 0.3 is 5.97 Å². The molecule has 2 heterocycles. The predicted molar refractivity (Wildman–Crippen MR) is 76.5 cm³/mol. The highest BCUT2D eigenvalue weighted by molar-refractivity contribution is 5.78. The summed E-state index contributed by atoms with van der Waals surface area (Å²) in [5.74, 6) is -0.790. The molecule has 116 valence electrons. The van der Waals surface area contributed by atoms with Crippen LogP contribution in [0.25, 0.3) is 0 Å². The van der Waals surface area contributed by atoms with Crippen molar-refractivity contribution in [2.75, 3.05) is 0 Å². The van der Waals surface area contributed by atoms with Crippen molar-refractivity contribution in [2.24, 2.45) is 0 Å². The van der Waals surface area contributed by atoms with Gasteiger partial charge in [-0.05, 0) is 18.1 Å². The fourth-order valence-corrected chi connectivity index (χ4v) is 1.59. The maximum Gasteiger partial charge on any atom is 0.307 e. The van der Waals surface area contributed by atoms with Gasteiger partial charge in [-0.25, -0.2) is 0 Å². The molecule has 0 aliphatic rings. The number of rotatable bonds is 4. The Balaban J connectivity index is 0.000000220. The van der Waals surface area contributed by atoms with Gasteiger partial charge in [0, 0.05) is 30.7 Å². The largest absolute Gasteiger partial charge is 0.619 e. The minimum Gasteiger partial charge on any atom is -0.619 e. The summed E-state index contributed by atoms with van der Waals surface area (Å²) in [4.78, 5) is 20.8. The Labute approximate surface area is 127 Å². The van der Waals surface area contributed by atoms with E-state index >= 15 is 0 Å². The zero-order chi connectivity index (χ0) is 16.5. The highest BCUT2D eigenvalue weighted by atomic mass is 16.5. The van der Waals surface area contributed by atoms with E-state index in [1.54, 1.807) is 12.1 Å². The van der Waals surface area contributed by atoms with Gasteiger partial charge in [-0.15, -0.1) is 0 Å². The van der Waals surface area contributed by atoms with Crippen LogP contribution in [0.15, 0.2) is 49.1 Å². The van der Waals surface area contributed by atoms with Crippen molar-refractivity contribution in [3.63, 3.8) is 0 Å². The topological polar surface area (TPSA) is 108 Å². The summed E-state index contributed by atoms with van der Waals surface area (Å²) in [6, 6.07) is 6.27. The van der Waals surface area contributed by atoms with Crippen LogP contribution in [-0.2, 0) is 22.4 Å². The SMILES string of the molecule is CC(=O)Cc1cc[n+]([O-])cc1.O=C(O)Cc1cc[n+]([O-])cc1. The van der Waals surface area contributed by atoms with E-state index in [4.69, 9.17) is 5.11 Å². The predicted octanol–water partition coefficient (Wildman–Crippen LogP) is 0.399. The van der Waals surface area contributed by atoms with Crippen molar-refractivity contribution in [1.29, 1.82) is 0 Å². The summed E-state index contributed by atoms with van der Waals surface area (Å²) < 4.78 is 1.31. The van der Waals surface area contributed by atoms with Gasteiger partial charge in [-0.2, -0.15) is 9.46 Å². The molecule has 22 heavy (non-hydrogen) atoms. The quantitative estimate of drug-likeness (QED) is 0.649. The number of pyridine rings is 2. The molecule has 0 aliphatic carbocycles. The number of ketones is 1. The van der Waals surface area contributed by atoms with Gasteiger partial charge in [0.2, 0.25) is 0 Å². The summed E-state index contributed by atoms with van der Waals surface area (Å²) in [5, 5.41) is 29.4. The zero-order valence-electron chi connectivity index (χ0n) is 12.0. The Morgan fingerprint density at radius 2 is 1.27 bits per heavy atom. The van der Waals surface area contributed by atoms with Crippen LogP contribution in [-0.4, -0.2) is 16.9 Å². The van der Waals surface area contributed by atoms with E-state index in [-0.39, 0.29) is 12.2 Å². The number of carboxylic acids is 1. The molecule has 0 atom stereocenters. The molecule has 2 rings (SSSR count). The number of hydrogen-bond donors (Lipinski definition) is 1. The first-order valence-electron chi connectivity index (χ1n) is 6.43. The fraction of sp³-hybridized carbons (Fsp3) is 0.200. The number of carboxylic acid groups (broad SMARTS) is 1. The molecule has 0 unspecified atom stereocenters. The van der Waals surface area contributed by atoms with E-state index in [0.29, 0.717) is 21.4 Å². The Morgan fingerprint density at radius 1 is 0.909 bits per heavy atom. The van der Waals surface area contributed by atoms with Crippen LogP contribution >= 0.6 is 0 Å². The first-order chi connectivity index (χ1) is 10.4. The highest BCUT2D eigenvalue weighted by Gasteiger charge is 2.00. The van der Waals surface area contributed by atoms with Crippen LogP contribution in [0.1, 0.15) is 18.1 Å². The molecule has 2 aromatic rings. The van der Waals surface area contributed by atoms with Crippen LogP contribution in [0.2, 0.25) is 0 Å². The lowest BCUT2D eigenvalue weighted by Crippen LogP contribution is -2.24. The molecule has 0 saturated carbocycles. The van der Waals surface area contributed by atoms with Crippen molar-refractivity contribution < 1.29 is 24.2 Å². The highest BCUT2D eigenvalue weighted by Crippen LogP contribution is 1.96. The lowest BCUT2D eigenvalue weighted by molar-refractivity contribution is -0.605. The van der Waals surface area contributed by atoms with Crippen LogP contribution < -0.4 is 9.46 Å². The third-order valence-electron chi connectivity index (χ3n) is 2.55. The number of Topliss-reactive ketones (excluding diaryl/α,β-unsaturated/α-hetero) is 1. The number of aromatic nitrogens is 2. The van der Waals surface area contributed by atoms with E-state index in [1.165, 1.54) is 43.8 Å². The minimum absolute atomic E-state index is 0.0408. The number of carbonyl (C=O) groups is 2. The van der Waals surface area contributed by atoms with Crippen LogP contribution in [0, 0.1) is 10.4 Å². The third-order valence-corrected chi connectivity index (χ3v) is 2.55. The summed E-state index contributed by atoms with van der Waals surface area (Å²) in [5.41, 5.74) is 1.51. The third kappa shape index (κ3) is 6.99. The van der Waals surface area contributed by atoms with Crippen LogP contribution in [0.4, 0.5) is 0 Å². The van der Waals surface area contributed by atoms with Gasteiger partial charge in [0.15, 0.2) is 24.8 Å². The number of nitrogens with zero attached hydrogens (tertiary/aromatic N) is 2. The molecule has 0 saturated heterocycles. The molecule has 7 nitrogen and oxygen atoms in total. The van der Waals surface area contributed by atoms with Gasteiger partial charge in [0.05, 0.1) is 6.42 Å². The standard InChI is InChI=1S/C8H9NO2.C7H7NO3/c1-7(10)6-8-2-4-9(11)5-3-8;9-7(10)5-6-1-3-8(11)4-2-6/h2-5H,6H2,1H3;1-4H,5H2,(H,9,10). The normalized spacial score (nSPS) is 9.50. The monoisotopic (exact) mass is 304 g/mol. The molecular formula is C15H16N2O5. The lowest BCUT2D eigenvalue weighted by Gasteiger charge is -1.96. The molecule has 0 amide bonds. The van der Waals surface area contributed by atoms with Crippen molar-refractivity contribution in [1.82, 2.24) is 0 Å². The van der Waals surface area contributed by atoms with E-state index in [2.05, 4.69) is 0 Å². The van der Waals surface area contributed by atoms with Crippen LogP contribution in [0.3, 0.4) is 0 Å². The van der Waals surface area contributed by atoms with Crippen LogP contribution in [0.5, 0.6) is 0 Å². The van der Waals surface area contributed by atoms with E-state index in [0.717, 1.165) is 5.56 Å². The average Bonchev–Trinajstić information content (AvgIpc) is 2.44. The number of hydrogen-bond acceptors (Lipinski definition) is 4. The van der Waals surface area contributed by atoms with E-state index < -0.39 is 5.97 Å². The number of aliphatic carboxylic acids is 1. The average molecular weight is 304 g/mol. The van der Waals surface area contributed by atoms with E-state index in [9.17, 15) is 20.0 Å².